The molecule has 78 valence electrons. The summed E-state index contributed by atoms with van der Waals surface area (Å²) in [4.78, 5) is 24.3. The van der Waals surface area contributed by atoms with E-state index in [1.54, 1.807) is 4.90 Å². The molecule has 2 fully saturated rings. The highest BCUT2D eigenvalue weighted by molar-refractivity contribution is 5.83. The van der Waals surface area contributed by atoms with E-state index in [4.69, 9.17) is 5.11 Å². The molecule has 2 unspecified atom stereocenters. The van der Waals surface area contributed by atoms with E-state index in [2.05, 4.69) is 0 Å². The first-order chi connectivity index (χ1) is 6.61. The minimum absolute atomic E-state index is 0.124. The van der Waals surface area contributed by atoms with Gasteiger partial charge in [-0.05, 0) is 26.2 Å². The predicted molar refractivity (Wildman–Crippen MR) is 49.6 cm³/mol. The number of aliphatic carboxylic acids is 1. The van der Waals surface area contributed by atoms with Crippen LogP contribution in [0.2, 0.25) is 0 Å². The molecule has 1 heterocycles. The van der Waals surface area contributed by atoms with Gasteiger partial charge in [-0.25, -0.2) is 0 Å². The predicted octanol–water partition coefficient (Wildman–Crippen LogP) is 0.718. The van der Waals surface area contributed by atoms with E-state index in [0.29, 0.717) is 13.0 Å². The van der Waals surface area contributed by atoms with Gasteiger partial charge in [0.05, 0.1) is 5.92 Å². The number of rotatable bonds is 2. The topological polar surface area (TPSA) is 57.6 Å². The van der Waals surface area contributed by atoms with Gasteiger partial charge in [-0.3, -0.25) is 9.59 Å². The molecule has 4 heteroatoms. The van der Waals surface area contributed by atoms with Crippen LogP contribution < -0.4 is 0 Å². The van der Waals surface area contributed by atoms with Crippen molar-refractivity contribution in [3.8, 4) is 0 Å². The van der Waals surface area contributed by atoms with Gasteiger partial charge in [-0.2, -0.15) is 0 Å². The van der Waals surface area contributed by atoms with Crippen molar-refractivity contribution in [1.29, 1.82) is 0 Å². The molecule has 14 heavy (non-hydrogen) atoms. The fourth-order valence-corrected chi connectivity index (χ4v) is 2.15. The largest absolute Gasteiger partial charge is 0.481 e. The molecular weight excluding hydrogens is 182 g/mol. The number of hydrogen-bond acceptors (Lipinski definition) is 2. The first-order valence-electron chi connectivity index (χ1n) is 5.14. The molecule has 4 nitrogen and oxygen atoms in total. The standard InChI is InChI=1S/C10H15NO3/c1-6-8(10(13)14)4-5-11(6)9(12)7-2-3-7/h6-8H,2-5H2,1H3,(H,13,14). The van der Waals surface area contributed by atoms with Crippen LogP contribution in [0.25, 0.3) is 0 Å². The number of likely N-dealkylation sites (tertiary alicyclic amines) is 1. The highest BCUT2D eigenvalue weighted by Crippen LogP contribution is 2.35. The van der Waals surface area contributed by atoms with Gasteiger partial charge in [-0.15, -0.1) is 0 Å². The Morgan fingerprint density at radius 1 is 1.29 bits per heavy atom. The fraction of sp³-hybridized carbons (Fsp3) is 0.800. The SMILES string of the molecule is CC1C(C(=O)O)CCN1C(=O)C1CC1. The second kappa shape index (κ2) is 3.26. The quantitative estimate of drug-likeness (QED) is 0.709. The smallest absolute Gasteiger partial charge is 0.308 e. The number of hydrogen-bond donors (Lipinski definition) is 1. The highest BCUT2D eigenvalue weighted by Gasteiger charge is 2.42. The van der Waals surface area contributed by atoms with Crippen molar-refractivity contribution in [2.75, 3.05) is 6.54 Å². The minimum atomic E-state index is -0.774. The molecule has 0 aromatic carbocycles. The Morgan fingerprint density at radius 3 is 2.36 bits per heavy atom. The van der Waals surface area contributed by atoms with Crippen molar-refractivity contribution in [2.24, 2.45) is 11.8 Å². The summed E-state index contributed by atoms with van der Waals surface area (Å²) in [5.74, 6) is -0.771. The Hall–Kier alpha value is -1.06. The van der Waals surface area contributed by atoms with Crippen LogP contribution in [0.15, 0.2) is 0 Å². The molecule has 0 spiro atoms. The Labute approximate surface area is 82.9 Å². The second-order valence-corrected chi connectivity index (χ2v) is 4.28. The van der Waals surface area contributed by atoms with Crippen molar-refractivity contribution >= 4 is 11.9 Å². The molecule has 1 amide bonds. The molecule has 0 aromatic heterocycles. The van der Waals surface area contributed by atoms with Gasteiger partial charge in [0, 0.05) is 18.5 Å². The second-order valence-electron chi connectivity index (χ2n) is 4.28. The van der Waals surface area contributed by atoms with Crippen LogP contribution in [0.1, 0.15) is 26.2 Å². The molecule has 2 rings (SSSR count). The van der Waals surface area contributed by atoms with E-state index in [-0.39, 0.29) is 23.8 Å². The van der Waals surface area contributed by atoms with Crippen LogP contribution in [0, 0.1) is 11.8 Å². The van der Waals surface area contributed by atoms with Crippen molar-refractivity contribution < 1.29 is 14.7 Å². The third kappa shape index (κ3) is 1.49. The van der Waals surface area contributed by atoms with Gasteiger partial charge in [0.1, 0.15) is 0 Å². The number of nitrogens with zero attached hydrogens (tertiary/aromatic N) is 1. The first kappa shape index (κ1) is 9.49. The molecule has 2 aliphatic rings. The van der Waals surface area contributed by atoms with Crippen LogP contribution in [-0.2, 0) is 9.59 Å². The monoisotopic (exact) mass is 197 g/mol. The average Bonchev–Trinajstić information content (AvgIpc) is 2.88. The summed E-state index contributed by atoms with van der Waals surface area (Å²) in [6.45, 7) is 2.46. The Morgan fingerprint density at radius 2 is 1.93 bits per heavy atom. The third-order valence-corrected chi connectivity index (χ3v) is 3.28. The molecule has 1 N–H and O–H groups in total. The van der Waals surface area contributed by atoms with Gasteiger partial charge in [-0.1, -0.05) is 0 Å². The lowest BCUT2D eigenvalue weighted by atomic mass is 10.0. The normalized spacial score (nSPS) is 31.9. The summed E-state index contributed by atoms with van der Waals surface area (Å²) in [6, 6.07) is -0.124. The molecule has 0 radical (unpaired) electrons. The van der Waals surface area contributed by atoms with Crippen molar-refractivity contribution in [1.82, 2.24) is 4.90 Å². The van der Waals surface area contributed by atoms with Gasteiger partial charge in [0.15, 0.2) is 0 Å². The zero-order chi connectivity index (χ0) is 10.3. The molecule has 1 saturated heterocycles. The number of carboxylic acid groups (broad SMARTS) is 1. The van der Waals surface area contributed by atoms with Gasteiger partial charge in [0.25, 0.3) is 0 Å². The van der Waals surface area contributed by atoms with Gasteiger partial charge < -0.3 is 10.0 Å². The van der Waals surface area contributed by atoms with Crippen LogP contribution in [0.4, 0.5) is 0 Å². The zero-order valence-corrected chi connectivity index (χ0v) is 8.27. The summed E-state index contributed by atoms with van der Waals surface area (Å²) in [7, 11) is 0. The van der Waals surface area contributed by atoms with Crippen molar-refractivity contribution in [3.63, 3.8) is 0 Å². The van der Waals surface area contributed by atoms with Crippen LogP contribution in [0.3, 0.4) is 0 Å². The van der Waals surface area contributed by atoms with E-state index >= 15 is 0 Å². The van der Waals surface area contributed by atoms with Gasteiger partial charge in [0.2, 0.25) is 5.91 Å². The molecule has 1 aliphatic carbocycles. The van der Waals surface area contributed by atoms with E-state index in [0.717, 1.165) is 12.8 Å². The Balaban J connectivity index is 2.02. The van der Waals surface area contributed by atoms with Gasteiger partial charge >= 0.3 is 5.97 Å². The minimum Gasteiger partial charge on any atom is -0.481 e. The highest BCUT2D eigenvalue weighted by atomic mass is 16.4. The Bertz CT molecular complexity index is 273. The summed E-state index contributed by atoms with van der Waals surface area (Å²) in [6.07, 6.45) is 2.58. The van der Waals surface area contributed by atoms with E-state index in [9.17, 15) is 9.59 Å². The number of carbonyl (C=O) groups is 2. The number of amides is 1. The average molecular weight is 197 g/mol. The van der Waals surface area contributed by atoms with Crippen LogP contribution >= 0.6 is 0 Å². The lowest BCUT2D eigenvalue weighted by molar-refractivity contribution is -0.143. The molecular formula is C10H15NO3. The van der Waals surface area contributed by atoms with E-state index < -0.39 is 5.97 Å². The molecule has 1 saturated carbocycles. The third-order valence-electron chi connectivity index (χ3n) is 3.28. The molecule has 1 aliphatic heterocycles. The molecule has 2 atom stereocenters. The van der Waals surface area contributed by atoms with Crippen LogP contribution in [-0.4, -0.2) is 34.5 Å². The maximum Gasteiger partial charge on any atom is 0.308 e. The molecule has 0 aromatic rings. The summed E-state index contributed by atoms with van der Waals surface area (Å²) in [5, 5.41) is 8.90. The van der Waals surface area contributed by atoms with Crippen molar-refractivity contribution in [3.05, 3.63) is 0 Å². The van der Waals surface area contributed by atoms with E-state index in [1.165, 1.54) is 0 Å². The zero-order valence-electron chi connectivity index (χ0n) is 8.27. The lowest BCUT2D eigenvalue weighted by Crippen LogP contribution is -2.38. The maximum absolute atomic E-state index is 11.7. The lowest BCUT2D eigenvalue weighted by Gasteiger charge is -2.23. The summed E-state index contributed by atoms with van der Waals surface area (Å²) >= 11 is 0. The van der Waals surface area contributed by atoms with E-state index in [1.807, 2.05) is 6.92 Å². The Kier molecular flexibility index (Phi) is 2.21. The maximum atomic E-state index is 11.7. The molecule has 0 bridgehead atoms. The van der Waals surface area contributed by atoms with Crippen molar-refractivity contribution in [2.45, 2.75) is 32.2 Å². The number of carboxylic acids is 1. The summed E-state index contributed by atoms with van der Waals surface area (Å²) < 4.78 is 0. The number of carbonyl (C=O) groups excluding carboxylic acids is 1. The fourth-order valence-electron chi connectivity index (χ4n) is 2.15. The summed E-state index contributed by atoms with van der Waals surface area (Å²) in [5.41, 5.74) is 0. The first-order valence-corrected chi connectivity index (χ1v) is 5.14. The van der Waals surface area contributed by atoms with Crippen LogP contribution in [0.5, 0.6) is 0 Å².